The number of thiophene rings is 1. The van der Waals surface area contributed by atoms with Crippen molar-refractivity contribution in [3.63, 3.8) is 0 Å². The summed E-state index contributed by atoms with van der Waals surface area (Å²) in [5.41, 5.74) is 2.32. The summed E-state index contributed by atoms with van der Waals surface area (Å²) >= 11 is 1.73. The molecular weight excluding hydrogens is 244 g/mol. The van der Waals surface area contributed by atoms with E-state index in [9.17, 15) is 0 Å². The van der Waals surface area contributed by atoms with Crippen LogP contribution < -0.4 is 10.6 Å². The van der Waals surface area contributed by atoms with E-state index >= 15 is 0 Å². The molecule has 96 valence electrons. The molecule has 1 aliphatic rings. The van der Waals surface area contributed by atoms with E-state index in [0.29, 0.717) is 0 Å². The molecule has 0 aliphatic carbocycles. The first-order chi connectivity index (χ1) is 8.84. The molecule has 2 aromatic heterocycles. The average Bonchev–Trinajstić information content (AvgIpc) is 2.80. The Morgan fingerprint density at radius 3 is 3.06 bits per heavy atom. The van der Waals surface area contributed by atoms with E-state index in [1.165, 1.54) is 23.1 Å². The third-order valence-corrected chi connectivity index (χ3v) is 4.64. The van der Waals surface area contributed by atoms with Crippen LogP contribution in [-0.2, 0) is 0 Å². The summed E-state index contributed by atoms with van der Waals surface area (Å²) in [6.07, 6.45) is 4.17. The number of piperidine rings is 1. The van der Waals surface area contributed by atoms with Crippen molar-refractivity contribution in [1.29, 1.82) is 0 Å². The smallest absolute Gasteiger partial charge is 0.147 e. The third-order valence-electron chi connectivity index (χ3n) is 3.55. The second kappa shape index (κ2) is 5.20. The Morgan fingerprint density at radius 2 is 2.22 bits per heavy atom. The summed E-state index contributed by atoms with van der Waals surface area (Å²) in [5.74, 6) is 1.76. The zero-order chi connectivity index (χ0) is 12.4. The Hall–Kier alpha value is -1.20. The fourth-order valence-electron chi connectivity index (χ4n) is 2.42. The van der Waals surface area contributed by atoms with Gasteiger partial charge in [0.15, 0.2) is 0 Å². The first-order valence-electron chi connectivity index (χ1n) is 6.48. The van der Waals surface area contributed by atoms with Gasteiger partial charge in [0, 0.05) is 6.54 Å². The predicted octanol–water partition coefficient (Wildman–Crippen LogP) is 2.41. The summed E-state index contributed by atoms with van der Waals surface area (Å²) < 4.78 is 1.18. The van der Waals surface area contributed by atoms with Gasteiger partial charge in [-0.1, -0.05) is 0 Å². The van der Waals surface area contributed by atoms with Gasteiger partial charge in [0.2, 0.25) is 0 Å². The summed E-state index contributed by atoms with van der Waals surface area (Å²) in [7, 11) is 0. The van der Waals surface area contributed by atoms with Gasteiger partial charge in [0.05, 0.1) is 10.2 Å². The molecule has 0 aromatic carbocycles. The second-order valence-electron chi connectivity index (χ2n) is 4.89. The van der Waals surface area contributed by atoms with Crippen LogP contribution in [0, 0.1) is 12.8 Å². The standard InChI is InChI=1S/C13H18N4S/c1-9-7-18-12-11(9)16-8-17-13(12)15-6-10-2-4-14-5-3-10/h7-8,10,14H,2-6H2,1H3,(H,15,16,17). The first-order valence-corrected chi connectivity index (χ1v) is 7.36. The van der Waals surface area contributed by atoms with E-state index in [1.54, 1.807) is 17.7 Å². The number of aryl methyl sites for hydroxylation is 1. The zero-order valence-electron chi connectivity index (χ0n) is 10.6. The van der Waals surface area contributed by atoms with Crippen LogP contribution in [0.5, 0.6) is 0 Å². The maximum Gasteiger partial charge on any atom is 0.147 e. The van der Waals surface area contributed by atoms with Crippen LogP contribution >= 0.6 is 11.3 Å². The van der Waals surface area contributed by atoms with Gasteiger partial charge in [-0.25, -0.2) is 9.97 Å². The predicted molar refractivity (Wildman–Crippen MR) is 76.2 cm³/mol. The van der Waals surface area contributed by atoms with Gasteiger partial charge in [-0.05, 0) is 49.7 Å². The average molecular weight is 262 g/mol. The molecule has 0 amide bonds. The lowest BCUT2D eigenvalue weighted by Gasteiger charge is -2.22. The molecule has 2 aromatic rings. The Labute approximate surface area is 111 Å². The molecule has 3 rings (SSSR count). The lowest BCUT2D eigenvalue weighted by molar-refractivity contribution is 0.389. The lowest BCUT2D eigenvalue weighted by Crippen LogP contribution is -2.31. The maximum absolute atomic E-state index is 4.38. The number of nitrogens with one attached hydrogen (secondary N) is 2. The van der Waals surface area contributed by atoms with Crippen molar-refractivity contribution in [3.8, 4) is 0 Å². The number of fused-ring (bicyclic) bond motifs is 1. The third kappa shape index (κ3) is 2.33. The highest BCUT2D eigenvalue weighted by molar-refractivity contribution is 7.18. The van der Waals surface area contributed by atoms with Crippen LogP contribution in [-0.4, -0.2) is 29.6 Å². The van der Waals surface area contributed by atoms with Crippen molar-refractivity contribution in [2.45, 2.75) is 19.8 Å². The second-order valence-corrected chi connectivity index (χ2v) is 5.77. The SMILES string of the molecule is Cc1csc2c(NCC3CCNCC3)ncnc12. The first kappa shape index (κ1) is 11.9. The number of rotatable bonds is 3. The van der Waals surface area contributed by atoms with Crippen molar-refractivity contribution in [2.75, 3.05) is 25.0 Å². The Kier molecular flexibility index (Phi) is 3.43. The number of nitrogens with zero attached hydrogens (tertiary/aromatic N) is 2. The Balaban J connectivity index is 1.74. The molecule has 4 nitrogen and oxygen atoms in total. The summed E-state index contributed by atoms with van der Waals surface area (Å²) in [4.78, 5) is 8.72. The topological polar surface area (TPSA) is 49.8 Å². The lowest BCUT2D eigenvalue weighted by atomic mass is 9.98. The molecule has 0 bridgehead atoms. The number of hydrogen-bond donors (Lipinski definition) is 2. The van der Waals surface area contributed by atoms with E-state index in [2.05, 4.69) is 32.9 Å². The summed E-state index contributed by atoms with van der Waals surface area (Å²) in [6, 6.07) is 0. The van der Waals surface area contributed by atoms with Crippen LogP contribution in [0.4, 0.5) is 5.82 Å². The van der Waals surface area contributed by atoms with Gasteiger partial charge >= 0.3 is 0 Å². The molecule has 0 atom stereocenters. The van der Waals surface area contributed by atoms with Crippen molar-refractivity contribution < 1.29 is 0 Å². The van der Waals surface area contributed by atoms with Gasteiger partial charge in [0.25, 0.3) is 0 Å². The molecule has 0 spiro atoms. The molecular formula is C13H18N4S. The van der Waals surface area contributed by atoms with E-state index in [-0.39, 0.29) is 0 Å². The highest BCUT2D eigenvalue weighted by Crippen LogP contribution is 2.28. The van der Waals surface area contributed by atoms with Crippen molar-refractivity contribution >= 4 is 27.4 Å². The molecule has 18 heavy (non-hydrogen) atoms. The van der Waals surface area contributed by atoms with Gasteiger partial charge in [-0.2, -0.15) is 0 Å². The van der Waals surface area contributed by atoms with Gasteiger partial charge in [-0.3, -0.25) is 0 Å². The molecule has 1 aliphatic heterocycles. The quantitative estimate of drug-likeness (QED) is 0.892. The summed E-state index contributed by atoms with van der Waals surface area (Å²) in [5, 5.41) is 9.04. The van der Waals surface area contributed by atoms with Gasteiger partial charge in [-0.15, -0.1) is 11.3 Å². The van der Waals surface area contributed by atoms with Crippen LogP contribution in [0.2, 0.25) is 0 Å². The highest BCUT2D eigenvalue weighted by atomic mass is 32.1. The largest absolute Gasteiger partial charge is 0.369 e. The Morgan fingerprint density at radius 1 is 1.39 bits per heavy atom. The van der Waals surface area contributed by atoms with Gasteiger partial charge < -0.3 is 10.6 Å². The monoisotopic (exact) mass is 262 g/mol. The minimum absolute atomic E-state index is 0.761. The Bertz CT molecular complexity index is 531. The number of hydrogen-bond acceptors (Lipinski definition) is 5. The highest BCUT2D eigenvalue weighted by Gasteiger charge is 2.14. The van der Waals surface area contributed by atoms with Crippen molar-refractivity contribution in [3.05, 3.63) is 17.3 Å². The maximum atomic E-state index is 4.38. The minimum atomic E-state index is 0.761. The number of aromatic nitrogens is 2. The van der Waals surface area contributed by atoms with E-state index in [4.69, 9.17) is 0 Å². The van der Waals surface area contributed by atoms with Crippen LogP contribution in [0.25, 0.3) is 10.2 Å². The molecule has 0 unspecified atom stereocenters. The fraction of sp³-hybridized carbons (Fsp3) is 0.538. The molecule has 1 saturated heterocycles. The number of anilines is 1. The van der Waals surface area contributed by atoms with Crippen LogP contribution in [0.3, 0.4) is 0 Å². The van der Waals surface area contributed by atoms with E-state index < -0.39 is 0 Å². The minimum Gasteiger partial charge on any atom is -0.369 e. The molecule has 5 heteroatoms. The van der Waals surface area contributed by atoms with Crippen molar-refractivity contribution in [2.24, 2.45) is 5.92 Å². The van der Waals surface area contributed by atoms with E-state index in [0.717, 1.165) is 36.9 Å². The van der Waals surface area contributed by atoms with Crippen LogP contribution in [0.1, 0.15) is 18.4 Å². The van der Waals surface area contributed by atoms with Gasteiger partial charge in [0.1, 0.15) is 12.1 Å². The zero-order valence-corrected chi connectivity index (χ0v) is 11.4. The fourth-order valence-corrected chi connectivity index (χ4v) is 3.39. The molecule has 0 radical (unpaired) electrons. The van der Waals surface area contributed by atoms with Crippen LogP contribution in [0.15, 0.2) is 11.7 Å². The van der Waals surface area contributed by atoms with E-state index in [1.807, 2.05) is 0 Å². The molecule has 1 fully saturated rings. The summed E-state index contributed by atoms with van der Waals surface area (Å²) in [6.45, 7) is 5.40. The molecule has 0 saturated carbocycles. The normalized spacial score (nSPS) is 17.2. The molecule has 3 heterocycles. The van der Waals surface area contributed by atoms with Crippen molar-refractivity contribution in [1.82, 2.24) is 15.3 Å². The molecule has 2 N–H and O–H groups in total.